The zero-order chi connectivity index (χ0) is 14.8. The third-order valence-electron chi connectivity index (χ3n) is 3.41. The third kappa shape index (κ3) is 2.89. The highest BCUT2D eigenvalue weighted by atomic mass is 16.3. The summed E-state index contributed by atoms with van der Waals surface area (Å²) in [6.45, 7) is 1.97. The Hall–Kier alpha value is -2.75. The Kier molecular flexibility index (Phi) is 3.36. The number of hydrogen-bond acceptors (Lipinski definition) is 4. The van der Waals surface area contributed by atoms with E-state index in [2.05, 4.69) is 10.3 Å². The van der Waals surface area contributed by atoms with E-state index in [1.807, 2.05) is 37.3 Å². The second kappa shape index (κ2) is 5.32. The van der Waals surface area contributed by atoms with E-state index in [-0.39, 0.29) is 17.5 Å². The molecular weight excluding hydrogens is 264 g/mol. The van der Waals surface area contributed by atoms with Crippen LogP contribution in [-0.4, -0.2) is 15.2 Å². The van der Waals surface area contributed by atoms with E-state index >= 15 is 0 Å². The second-order valence-electron chi connectivity index (χ2n) is 5.06. The number of hydrogen-bond donors (Lipinski definition) is 3. The Morgan fingerprint density at radius 3 is 2.52 bits per heavy atom. The van der Waals surface area contributed by atoms with Gasteiger partial charge in [0, 0.05) is 29.4 Å². The van der Waals surface area contributed by atoms with Crippen molar-refractivity contribution in [3.63, 3.8) is 0 Å². The van der Waals surface area contributed by atoms with Crippen LogP contribution in [0.25, 0.3) is 10.9 Å². The molecule has 1 heterocycles. The number of anilines is 1. The first-order valence-corrected chi connectivity index (χ1v) is 6.76. The number of nitrogens with one attached hydrogen (secondary N) is 1. The van der Waals surface area contributed by atoms with Crippen molar-refractivity contribution in [2.45, 2.75) is 13.0 Å². The molecule has 4 heteroatoms. The summed E-state index contributed by atoms with van der Waals surface area (Å²) >= 11 is 0. The number of phenolic OH excluding ortho intramolecular Hbond substituents is 2. The molecule has 1 aromatic heterocycles. The first kappa shape index (κ1) is 13.2. The van der Waals surface area contributed by atoms with Crippen molar-refractivity contribution in [1.29, 1.82) is 0 Å². The van der Waals surface area contributed by atoms with Gasteiger partial charge in [-0.1, -0.05) is 6.07 Å². The highest BCUT2D eigenvalue weighted by molar-refractivity contribution is 5.82. The molecule has 0 spiro atoms. The lowest BCUT2D eigenvalue weighted by atomic mass is 10.1. The maximum absolute atomic E-state index is 9.55. The van der Waals surface area contributed by atoms with Gasteiger partial charge >= 0.3 is 0 Å². The van der Waals surface area contributed by atoms with Gasteiger partial charge in [-0.3, -0.25) is 4.98 Å². The molecule has 1 atom stereocenters. The standard InChI is InChI=1S/C17H16N2O2/c1-11(13-8-15(20)10-16(21)9-13)19-14-4-5-17-12(7-14)3-2-6-18-17/h2-11,19-21H,1H3. The molecule has 3 rings (SSSR count). The van der Waals surface area contributed by atoms with Crippen molar-refractivity contribution >= 4 is 16.6 Å². The third-order valence-corrected chi connectivity index (χ3v) is 3.41. The quantitative estimate of drug-likeness (QED) is 0.682. The van der Waals surface area contributed by atoms with E-state index < -0.39 is 0 Å². The molecule has 3 N–H and O–H groups in total. The van der Waals surface area contributed by atoms with Crippen LogP contribution in [0.15, 0.2) is 54.7 Å². The van der Waals surface area contributed by atoms with Gasteiger partial charge in [0.25, 0.3) is 0 Å². The minimum absolute atomic E-state index is 0.0443. The molecule has 1 unspecified atom stereocenters. The number of benzene rings is 2. The van der Waals surface area contributed by atoms with Crippen LogP contribution in [0.2, 0.25) is 0 Å². The van der Waals surface area contributed by atoms with Crippen molar-refractivity contribution in [2.75, 3.05) is 5.32 Å². The molecule has 0 amide bonds. The summed E-state index contributed by atoms with van der Waals surface area (Å²) in [6, 6.07) is 14.4. The molecule has 0 fully saturated rings. The van der Waals surface area contributed by atoms with E-state index in [4.69, 9.17) is 0 Å². The zero-order valence-electron chi connectivity index (χ0n) is 11.6. The molecule has 3 aromatic rings. The van der Waals surface area contributed by atoms with Gasteiger partial charge < -0.3 is 15.5 Å². The van der Waals surface area contributed by atoms with Crippen LogP contribution >= 0.6 is 0 Å². The summed E-state index contributed by atoms with van der Waals surface area (Å²) in [4.78, 5) is 4.29. The maximum atomic E-state index is 9.55. The number of aromatic nitrogens is 1. The number of fused-ring (bicyclic) bond motifs is 1. The van der Waals surface area contributed by atoms with Crippen molar-refractivity contribution in [3.05, 3.63) is 60.3 Å². The van der Waals surface area contributed by atoms with Crippen LogP contribution in [0.1, 0.15) is 18.5 Å². The Bertz CT molecular complexity index is 766. The first-order chi connectivity index (χ1) is 10.1. The predicted octanol–water partition coefficient (Wildman–Crippen LogP) is 3.82. The molecule has 0 saturated heterocycles. The van der Waals surface area contributed by atoms with Crippen LogP contribution in [0.4, 0.5) is 5.69 Å². The van der Waals surface area contributed by atoms with E-state index in [1.165, 1.54) is 6.07 Å². The van der Waals surface area contributed by atoms with E-state index in [0.717, 1.165) is 22.2 Å². The van der Waals surface area contributed by atoms with Crippen LogP contribution < -0.4 is 5.32 Å². The van der Waals surface area contributed by atoms with Crippen LogP contribution in [0, 0.1) is 0 Å². The van der Waals surface area contributed by atoms with Crippen LogP contribution in [0.3, 0.4) is 0 Å². The summed E-state index contributed by atoms with van der Waals surface area (Å²) < 4.78 is 0. The van der Waals surface area contributed by atoms with Crippen molar-refractivity contribution in [2.24, 2.45) is 0 Å². The van der Waals surface area contributed by atoms with E-state index in [9.17, 15) is 10.2 Å². The zero-order valence-corrected chi connectivity index (χ0v) is 11.6. The highest BCUT2D eigenvalue weighted by Crippen LogP contribution is 2.27. The van der Waals surface area contributed by atoms with Gasteiger partial charge in [0.1, 0.15) is 11.5 Å². The van der Waals surface area contributed by atoms with Gasteiger partial charge in [-0.15, -0.1) is 0 Å². The summed E-state index contributed by atoms with van der Waals surface area (Å²) in [5.74, 6) is 0.114. The van der Waals surface area contributed by atoms with Gasteiger partial charge in [0.2, 0.25) is 0 Å². The SMILES string of the molecule is CC(Nc1ccc2ncccc2c1)c1cc(O)cc(O)c1. The Labute approximate surface area is 122 Å². The highest BCUT2D eigenvalue weighted by Gasteiger charge is 2.08. The minimum Gasteiger partial charge on any atom is -0.508 e. The molecule has 0 aliphatic heterocycles. The van der Waals surface area contributed by atoms with Gasteiger partial charge in [0.15, 0.2) is 0 Å². The van der Waals surface area contributed by atoms with E-state index in [0.29, 0.717) is 0 Å². The van der Waals surface area contributed by atoms with Gasteiger partial charge in [-0.2, -0.15) is 0 Å². The average Bonchev–Trinajstić information content (AvgIpc) is 2.46. The van der Waals surface area contributed by atoms with Crippen molar-refractivity contribution < 1.29 is 10.2 Å². The van der Waals surface area contributed by atoms with Crippen LogP contribution in [-0.2, 0) is 0 Å². The Morgan fingerprint density at radius 2 is 1.76 bits per heavy atom. The Balaban J connectivity index is 1.86. The van der Waals surface area contributed by atoms with E-state index in [1.54, 1.807) is 18.3 Å². The number of rotatable bonds is 3. The molecule has 2 aromatic carbocycles. The molecule has 0 radical (unpaired) electrons. The van der Waals surface area contributed by atoms with Gasteiger partial charge in [-0.05, 0) is 48.9 Å². The summed E-state index contributed by atoms with van der Waals surface area (Å²) in [5, 5.41) is 23.5. The molecule has 106 valence electrons. The fraction of sp³-hybridized carbons (Fsp3) is 0.118. The lowest BCUT2D eigenvalue weighted by Crippen LogP contribution is -2.06. The first-order valence-electron chi connectivity index (χ1n) is 6.76. The normalized spacial score (nSPS) is 12.2. The second-order valence-corrected chi connectivity index (χ2v) is 5.06. The molecule has 0 aliphatic carbocycles. The van der Waals surface area contributed by atoms with Crippen molar-refractivity contribution in [1.82, 2.24) is 4.98 Å². The lowest BCUT2D eigenvalue weighted by Gasteiger charge is -2.16. The minimum atomic E-state index is -0.0443. The number of pyridine rings is 1. The summed E-state index contributed by atoms with van der Waals surface area (Å²) in [6.07, 6.45) is 1.77. The molecule has 21 heavy (non-hydrogen) atoms. The number of aromatic hydroxyl groups is 2. The fourth-order valence-electron chi connectivity index (χ4n) is 2.37. The van der Waals surface area contributed by atoms with Crippen molar-refractivity contribution in [3.8, 4) is 11.5 Å². The van der Waals surface area contributed by atoms with Gasteiger partial charge in [0.05, 0.1) is 5.52 Å². The Morgan fingerprint density at radius 1 is 1.00 bits per heavy atom. The fourth-order valence-corrected chi connectivity index (χ4v) is 2.37. The predicted molar refractivity (Wildman–Crippen MR) is 83.6 cm³/mol. The molecule has 0 saturated carbocycles. The number of nitrogens with zero attached hydrogens (tertiary/aromatic N) is 1. The van der Waals surface area contributed by atoms with Crippen LogP contribution in [0.5, 0.6) is 11.5 Å². The number of phenols is 2. The topological polar surface area (TPSA) is 65.4 Å². The molecule has 0 bridgehead atoms. The molecule has 4 nitrogen and oxygen atoms in total. The lowest BCUT2D eigenvalue weighted by molar-refractivity contribution is 0.448. The molecule has 0 aliphatic rings. The smallest absolute Gasteiger partial charge is 0.119 e. The summed E-state index contributed by atoms with van der Waals surface area (Å²) in [5.41, 5.74) is 2.73. The average molecular weight is 280 g/mol. The van der Waals surface area contributed by atoms with Gasteiger partial charge in [-0.25, -0.2) is 0 Å². The largest absolute Gasteiger partial charge is 0.508 e. The monoisotopic (exact) mass is 280 g/mol. The maximum Gasteiger partial charge on any atom is 0.119 e. The molecular formula is C17H16N2O2. The summed E-state index contributed by atoms with van der Waals surface area (Å²) in [7, 11) is 0.